The first-order chi connectivity index (χ1) is 14.2. The number of piperidine rings is 1. The number of aryl methyl sites for hydroxylation is 1. The van der Waals surface area contributed by atoms with Gasteiger partial charge in [0, 0.05) is 37.4 Å². The summed E-state index contributed by atoms with van der Waals surface area (Å²) in [4.78, 5) is 23.2. The minimum absolute atomic E-state index is 0.00536. The Morgan fingerprint density at radius 2 is 2.21 bits per heavy atom. The number of nitrogens with one attached hydrogen (secondary N) is 1. The van der Waals surface area contributed by atoms with Crippen LogP contribution in [-0.4, -0.2) is 56.1 Å². The molecule has 1 atom stereocenters. The van der Waals surface area contributed by atoms with Crippen LogP contribution in [0.15, 0.2) is 23.3 Å². The normalized spacial score (nSPS) is 19.3. The third-order valence-corrected chi connectivity index (χ3v) is 6.55. The molecule has 1 unspecified atom stereocenters. The average molecular weight is 412 g/mol. The van der Waals surface area contributed by atoms with Crippen LogP contribution in [0.2, 0.25) is 0 Å². The Hall–Kier alpha value is -2.44. The lowest BCUT2D eigenvalue weighted by Gasteiger charge is -2.36. The number of nitriles is 1. The highest BCUT2D eigenvalue weighted by Gasteiger charge is 2.22. The first-order valence-corrected chi connectivity index (χ1v) is 11.3. The van der Waals surface area contributed by atoms with Gasteiger partial charge in [0.25, 0.3) is 5.56 Å². The molecule has 0 aromatic carbocycles. The van der Waals surface area contributed by atoms with Crippen LogP contribution in [0, 0.1) is 11.3 Å². The van der Waals surface area contributed by atoms with Gasteiger partial charge in [0.15, 0.2) is 5.69 Å². The number of fused-ring (bicyclic) bond motifs is 1. The molecule has 1 saturated heterocycles. The molecule has 1 fully saturated rings. The van der Waals surface area contributed by atoms with Crippen molar-refractivity contribution in [1.82, 2.24) is 24.6 Å². The van der Waals surface area contributed by atoms with E-state index in [-0.39, 0.29) is 5.56 Å². The zero-order valence-electron chi connectivity index (χ0n) is 16.4. The van der Waals surface area contributed by atoms with Crippen LogP contribution in [0.3, 0.4) is 0 Å². The molecule has 0 radical (unpaired) electrons. The number of anilines is 1. The molecule has 29 heavy (non-hydrogen) atoms. The number of rotatable bonds is 6. The molecule has 0 saturated carbocycles. The number of hydrogen-bond acceptors (Lipinski definition) is 8. The van der Waals surface area contributed by atoms with E-state index in [1.54, 1.807) is 16.9 Å². The molecule has 4 heterocycles. The summed E-state index contributed by atoms with van der Waals surface area (Å²) >= 11 is 1.87. The second-order valence-corrected chi connectivity index (χ2v) is 8.55. The Morgan fingerprint density at radius 1 is 1.28 bits per heavy atom. The fourth-order valence-corrected chi connectivity index (χ4v) is 4.87. The molecule has 8 nitrogen and oxygen atoms in total. The van der Waals surface area contributed by atoms with Crippen LogP contribution in [0.25, 0.3) is 0 Å². The van der Waals surface area contributed by atoms with Crippen molar-refractivity contribution in [2.75, 3.05) is 30.7 Å². The van der Waals surface area contributed by atoms with Crippen molar-refractivity contribution in [3.05, 3.63) is 45.8 Å². The minimum atomic E-state index is 0.00536. The summed E-state index contributed by atoms with van der Waals surface area (Å²) in [5.74, 6) is 2.66. The van der Waals surface area contributed by atoms with E-state index in [4.69, 9.17) is 5.26 Å². The summed E-state index contributed by atoms with van der Waals surface area (Å²) in [5, 5.41) is 16.8. The Labute approximate surface area is 174 Å². The standard InChI is InChI=1S/C20H25N7OS/c21-10-16-11-23-19(13-22-16)24-12-17-3-1-2-5-26(17)6-7-27-20(28)9-15-14-29-8-4-18(15)25-27/h9,11,13,17H,1-8,12,14H2,(H,23,24). The summed E-state index contributed by atoms with van der Waals surface area (Å²) < 4.78 is 1.64. The summed E-state index contributed by atoms with van der Waals surface area (Å²) in [6.07, 6.45) is 7.52. The molecule has 0 amide bonds. The number of thioether (sulfide) groups is 1. The molecule has 2 aliphatic rings. The lowest BCUT2D eigenvalue weighted by atomic mass is 10.0. The molecular weight excluding hydrogens is 386 g/mol. The molecule has 2 aromatic rings. The zero-order valence-corrected chi connectivity index (χ0v) is 17.2. The van der Waals surface area contributed by atoms with Crippen LogP contribution in [0.5, 0.6) is 0 Å². The predicted molar refractivity (Wildman–Crippen MR) is 113 cm³/mol. The quantitative estimate of drug-likeness (QED) is 0.766. The highest BCUT2D eigenvalue weighted by Crippen LogP contribution is 2.21. The molecule has 4 rings (SSSR count). The average Bonchev–Trinajstić information content (AvgIpc) is 2.77. The van der Waals surface area contributed by atoms with Crippen molar-refractivity contribution in [2.45, 2.75) is 44.0 Å². The minimum Gasteiger partial charge on any atom is -0.367 e. The fourth-order valence-electron chi connectivity index (χ4n) is 3.92. The van der Waals surface area contributed by atoms with Gasteiger partial charge in [-0.15, -0.1) is 0 Å². The van der Waals surface area contributed by atoms with Gasteiger partial charge >= 0.3 is 0 Å². The largest absolute Gasteiger partial charge is 0.367 e. The van der Waals surface area contributed by atoms with Crippen LogP contribution in [0.4, 0.5) is 5.82 Å². The van der Waals surface area contributed by atoms with Crippen molar-refractivity contribution < 1.29 is 0 Å². The van der Waals surface area contributed by atoms with Crippen molar-refractivity contribution in [2.24, 2.45) is 0 Å². The zero-order chi connectivity index (χ0) is 20.1. The van der Waals surface area contributed by atoms with Gasteiger partial charge < -0.3 is 5.32 Å². The third-order valence-electron chi connectivity index (χ3n) is 5.54. The topological polar surface area (TPSA) is 99.7 Å². The lowest BCUT2D eigenvalue weighted by molar-refractivity contribution is 0.147. The van der Waals surface area contributed by atoms with Gasteiger partial charge in [0.1, 0.15) is 11.9 Å². The maximum atomic E-state index is 12.4. The van der Waals surface area contributed by atoms with Gasteiger partial charge in [-0.25, -0.2) is 14.6 Å². The van der Waals surface area contributed by atoms with Crippen LogP contribution in [-0.2, 0) is 18.7 Å². The van der Waals surface area contributed by atoms with E-state index in [0.717, 1.165) is 55.2 Å². The smallest absolute Gasteiger partial charge is 0.267 e. The van der Waals surface area contributed by atoms with Crippen molar-refractivity contribution in [3.8, 4) is 6.07 Å². The van der Waals surface area contributed by atoms with Gasteiger partial charge in [0.05, 0.1) is 24.6 Å². The van der Waals surface area contributed by atoms with E-state index >= 15 is 0 Å². The number of likely N-dealkylation sites (tertiary alicyclic amines) is 1. The molecule has 9 heteroatoms. The van der Waals surface area contributed by atoms with E-state index in [0.29, 0.717) is 24.1 Å². The van der Waals surface area contributed by atoms with Gasteiger partial charge in [-0.3, -0.25) is 9.69 Å². The van der Waals surface area contributed by atoms with Crippen LogP contribution < -0.4 is 10.9 Å². The van der Waals surface area contributed by atoms with E-state index in [1.807, 2.05) is 17.8 Å². The summed E-state index contributed by atoms with van der Waals surface area (Å²) in [6.45, 7) is 3.23. The Bertz CT molecular complexity index is 937. The van der Waals surface area contributed by atoms with Crippen molar-refractivity contribution in [3.63, 3.8) is 0 Å². The van der Waals surface area contributed by atoms with Gasteiger partial charge in [-0.1, -0.05) is 6.42 Å². The van der Waals surface area contributed by atoms with Crippen LogP contribution in [0.1, 0.15) is 36.2 Å². The van der Waals surface area contributed by atoms with Gasteiger partial charge in [-0.2, -0.15) is 22.1 Å². The SMILES string of the molecule is N#Cc1cnc(NCC2CCCCN2CCn2nc3c(cc2=O)CSCC3)cn1. The predicted octanol–water partition coefficient (Wildman–Crippen LogP) is 1.66. The van der Waals surface area contributed by atoms with E-state index in [1.165, 1.54) is 19.0 Å². The van der Waals surface area contributed by atoms with Crippen molar-refractivity contribution >= 4 is 17.6 Å². The number of hydrogen-bond donors (Lipinski definition) is 1. The Kier molecular flexibility index (Phi) is 6.42. The molecule has 0 bridgehead atoms. The number of aromatic nitrogens is 4. The maximum Gasteiger partial charge on any atom is 0.267 e. The van der Waals surface area contributed by atoms with Crippen molar-refractivity contribution in [1.29, 1.82) is 5.26 Å². The van der Waals surface area contributed by atoms with Gasteiger partial charge in [-0.05, 0) is 30.7 Å². The Balaban J connectivity index is 1.36. The second kappa shape index (κ2) is 9.37. The molecular formula is C20H25N7OS. The third kappa shape index (κ3) is 4.95. The monoisotopic (exact) mass is 411 g/mol. The summed E-state index contributed by atoms with van der Waals surface area (Å²) in [7, 11) is 0. The molecule has 1 N–H and O–H groups in total. The summed E-state index contributed by atoms with van der Waals surface area (Å²) in [6, 6.07) is 4.13. The Morgan fingerprint density at radius 3 is 3.03 bits per heavy atom. The van der Waals surface area contributed by atoms with E-state index < -0.39 is 0 Å². The first kappa shape index (κ1) is 19.9. The highest BCUT2D eigenvalue weighted by molar-refractivity contribution is 7.98. The molecule has 2 aromatic heterocycles. The summed E-state index contributed by atoms with van der Waals surface area (Å²) in [5.41, 5.74) is 2.51. The molecule has 152 valence electrons. The highest BCUT2D eigenvalue weighted by atomic mass is 32.2. The second-order valence-electron chi connectivity index (χ2n) is 7.45. The fraction of sp³-hybridized carbons (Fsp3) is 0.550. The molecule has 0 spiro atoms. The molecule has 2 aliphatic heterocycles. The lowest BCUT2D eigenvalue weighted by Crippen LogP contribution is -2.45. The first-order valence-electron chi connectivity index (χ1n) is 10.1. The maximum absolute atomic E-state index is 12.4. The van der Waals surface area contributed by atoms with E-state index in [9.17, 15) is 4.79 Å². The van der Waals surface area contributed by atoms with Crippen LogP contribution >= 0.6 is 11.8 Å². The van der Waals surface area contributed by atoms with E-state index in [2.05, 4.69) is 25.3 Å². The van der Waals surface area contributed by atoms with Gasteiger partial charge in [0.2, 0.25) is 0 Å². The molecule has 0 aliphatic carbocycles. The number of nitrogens with zero attached hydrogens (tertiary/aromatic N) is 6.